The molecule has 2 aromatic rings. The van der Waals surface area contributed by atoms with E-state index in [2.05, 4.69) is 4.72 Å². The highest BCUT2D eigenvalue weighted by Gasteiger charge is 2.22. The number of sulfonamides is 1. The van der Waals surface area contributed by atoms with Crippen LogP contribution in [0.15, 0.2) is 22.4 Å². The van der Waals surface area contributed by atoms with E-state index in [9.17, 15) is 13.2 Å². The van der Waals surface area contributed by atoms with Crippen molar-refractivity contribution in [2.45, 2.75) is 11.1 Å². The van der Waals surface area contributed by atoms with Crippen molar-refractivity contribution in [1.82, 2.24) is 0 Å². The SMILES string of the molecule is Cc1cc(S(=O)(=O)Nc2cc(Cl)c(N)c(Cl)c2)sc1C(=O)O. The van der Waals surface area contributed by atoms with E-state index < -0.39 is 16.0 Å². The Hall–Kier alpha value is -1.48. The number of nitrogens with two attached hydrogens (primary N) is 1. The number of nitrogens with one attached hydrogen (secondary N) is 1. The number of halogens is 2. The zero-order valence-electron chi connectivity index (χ0n) is 11.1. The first-order valence-corrected chi connectivity index (χ1v) is 8.78. The lowest BCUT2D eigenvalue weighted by Gasteiger charge is -2.09. The van der Waals surface area contributed by atoms with Gasteiger partial charge in [-0.15, -0.1) is 11.3 Å². The van der Waals surface area contributed by atoms with Crippen molar-refractivity contribution in [2.24, 2.45) is 0 Å². The highest BCUT2D eigenvalue weighted by atomic mass is 35.5. The maximum absolute atomic E-state index is 12.3. The number of hydrogen-bond acceptors (Lipinski definition) is 5. The van der Waals surface area contributed by atoms with E-state index in [1.54, 1.807) is 0 Å². The highest BCUT2D eigenvalue weighted by Crippen LogP contribution is 2.33. The molecule has 4 N–H and O–H groups in total. The minimum atomic E-state index is -3.95. The normalized spacial score (nSPS) is 11.4. The molecule has 0 radical (unpaired) electrons. The highest BCUT2D eigenvalue weighted by molar-refractivity contribution is 7.94. The summed E-state index contributed by atoms with van der Waals surface area (Å²) in [7, 11) is -3.95. The summed E-state index contributed by atoms with van der Waals surface area (Å²) in [5.41, 5.74) is 6.22. The lowest BCUT2D eigenvalue weighted by atomic mass is 10.3. The van der Waals surface area contributed by atoms with Gasteiger partial charge in [0.25, 0.3) is 10.0 Å². The molecule has 0 aliphatic rings. The predicted molar refractivity (Wildman–Crippen MR) is 87.7 cm³/mol. The molecule has 2 rings (SSSR count). The van der Waals surface area contributed by atoms with Crippen molar-refractivity contribution in [1.29, 1.82) is 0 Å². The first kappa shape index (κ1) is 16.9. The van der Waals surface area contributed by atoms with Crippen LogP contribution < -0.4 is 10.5 Å². The van der Waals surface area contributed by atoms with Gasteiger partial charge < -0.3 is 10.8 Å². The molecule has 0 bridgehead atoms. The summed E-state index contributed by atoms with van der Waals surface area (Å²) in [6, 6.07) is 3.93. The van der Waals surface area contributed by atoms with E-state index >= 15 is 0 Å². The number of rotatable bonds is 4. The molecule has 0 spiro atoms. The Balaban J connectivity index is 2.40. The number of anilines is 2. The standard InChI is InChI=1S/C12H10Cl2N2O4S2/c1-5-2-9(21-11(5)12(17)18)22(19,20)16-6-3-7(13)10(15)8(14)4-6/h2-4,16H,15H2,1H3,(H,17,18). The number of hydrogen-bond donors (Lipinski definition) is 3. The van der Waals surface area contributed by atoms with Crippen LogP contribution in [-0.4, -0.2) is 19.5 Å². The van der Waals surface area contributed by atoms with E-state index in [1.165, 1.54) is 25.1 Å². The summed E-state index contributed by atoms with van der Waals surface area (Å²) in [4.78, 5) is 11.0. The van der Waals surface area contributed by atoms with Crippen LogP contribution in [0, 0.1) is 6.92 Å². The maximum atomic E-state index is 12.3. The van der Waals surface area contributed by atoms with Crippen LogP contribution in [0.4, 0.5) is 11.4 Å². The molecule has 22 heavy (non-hydrogen) atoms. The van der Waals surface area contributed by atoms with Crippen molar-refractivity contribution in [3.8, 4) is 0 Å². The lowest BCUT2D eigenvalue weighted by Crippen LogP contribution is -2.11. The van der Waals surface area contributed by atoms with Crippen LogP contribution in [0.2, 0.25) is 10.0 Å². The molecular formula is C12H10Cl2N2O4S2. The first-order valence-electron chi connectivity index (χ1n) is 5.73. The van der Waals surface area contributed by atoms with Crippen molar-refractivity contribution in [3.05, 3.63) is 38.7 Å². The number of aromatic carboxylic acids is 1. The number of thiophene rings is 1. The summed E-state index contributed by atoms with van der Waals surface area (Å²) in [6.07, 6.45) is 0. The second-order valence-corrected chi connectivity index (χ2v) is 8.12. The molecule has 6 nitrogen and oxygen atoms in total. The van der Waals surface area contributed by atoms with Gasteiger partial charge in [0.05, 0.1) is 21.4 Å². The molecule has 0 amide bonds. The quantitative estimate of drug-likeness (QED) is 0.703. The van der Waals surface area contributed by atoms with Gasteiger partial charge in [-0.25, -0.2) is 13.2 Å². The number of carboxylic acids is 1. The zero-order valence-corrected chi connectivity index (χ0v) is 14.2. The average Bonchev–Trinajstić information content (AvgIpc) is 2.78. The molecule has 0 fully saturated rings. The largest absolute Gasteiger partial charge is 0.477 e. The Morgan fingerprint density at radius 2 is 1.82 bits per heavy atom. The second kappa shape index (κ2) is 5.96. The Morgan fingerprint density at radius 1 is 1.27 bits per heavy atom. The molecule has 0 aliphatic heterocycles. The minimum absolute atomic E-state index is 0.0336. The Kier molecular flexibility index (Phi) is 4.57. The van der Waals surface area contributed by atoms with Crippen LogP contribution in [0.5, 0.6) is 0 Å². The van der Waals surface area contributed by atoms with Gasteiger partial charge in [-0.3, -0.25) is 4.72 Å². The molecular weight excluding hydrogens is 371 g/mol. The third kappa shape index (κ3) is 3.30. The van der Waals surface area contributed by atoms with Gasteiger partial charge in [-0.1, -0.05) is 23.2 Å². The number of carbonyl (C=O) groups is 1. The van der Waals surface area contributed by atoms with Crippen molar-refractivity contribution in [2.75, 3.05) is 10.5 Å². The van der Waals surface area contributed by atoms with E-state index in [-0.39, 0.29) is 30.5 Å². The van der Waals surface area contributed by atoms with Gasteiger partial charge in [-0.2, -0.15) is 0 Å². The third-order valence-corrected chi connectivity index (χ3v) is 6.39. The van der Waals surface area contributed by atoms with E-state index in [4.69, 9.17) is 34.0 Å². The van der Waals surface area contributed by atoms with Gasteiger partial charge in [0.15, 0.2) is 0 Å². The summed E-state index contributed by atoms with van der Waals surface area (Å²) in [5.74, 6) is -1.18. The van der Waals surface area contributed by atoms with E-state index in [0.29, 0.717) is 16.9 Å². The van der Waals surface area contributed by atoms with Crippen LogP contribution >= 0.6 is 34.5 Å². The molecule has 1 aromatic carbocycles. The van der Waals surface area contributed by atoms with Gasteiger partial charge in [0.1, 0.15) is 9.09 Å². The van der Waals surface area contributed by atoms with Crippen molar-refractivity contribution < 1.29 is 18.3 Å². The van der Waals surface area contributed by atoms with E-state index in [1.807, 2.05) is 0 Å². The molecule has 1 heterocycles. The molecule has 118 valence electrons. The molecule has 0 unspecified atom stereocenters. The van der Waals surface area contributed by atoms with Crippen molar-refractivity contribution >= 4 is 61.9 Å². The molecule has 0 atom stereocenters. The van der Waals surface area contributed by atoms with Gasteiger partial charge in [0.2, 0.25) is 0 Å². The van der Waals surface area contributed by atoms with Crippen LogP contribution in [0.3, 0.4) is 0 Å². The van der Waals surface area contributed by atoms with Crippen LogP contribution in [0.25, 0.3) is 0 Å². The lowest BCUT2D eigenvalue weighted by molar-refractivity contribution is 0.0701. The fraction of sp³-hybridized carbons (Fsp3) is 0.0833. The first-order chi connectivity index (χ1) is 10.1. The molecule has 0 saturated heterocycles. The number of nitrogen functional groups attached to an aromatic ring is 1. The number of carboxylic acid groups (broad SMARTS) is 1. The van der Waals surface area contributed by atoms with Gasteiger partial charge in [0, 0.05) is 0 Å². The number of benzene rings is 1. The van der Waals surface area contributed by atoms with Gasteiger partial charge >= 0.3 is 5.97 Å². The molecule has 0 saturated carbocycles. The fourth-order valence-electron chi connectivity index (χ4n) is 1.65. The molecule has 10 heteroatoms. The Bertz CT molecular complexity index is 839. The third-order valence-electron chi connectivity index (χ3n) is 2.69. The molecule has 1 aromatic heterocycles. The van der Waals surface area contributed by atoms with Crippen molar-refractivity contribution in [3.63, 3.8) is 0 Å². The smallest absolute Gasteiger partial charge is 0.346 e. The summed E-state index contributed by atoms with van der Waals surface area (Å²) >= 11 is 12.4. The average molecular weight is 381 g/mol. The minimum Gasteiger partial charge on any atom is -0.477 e. The van der Waals surface area contributed by atoms with Crippen LogP contribution in [0.1, 0.15) is 15.2 Å². The van der Waals surface area contributed by atoms with Crippen LogP contribution in [-0.2, 0) is 10.0 Å². The predicted octanol–water partition coefficient (Wildman–Crippen LogP) is 3.44. The fourth-order valence-corrected chi connectivity index (χ4v) is 4.55. The Labute approximate surface area is 140 Å². The Morgan fingerprint density at radius 3 is 2.27 bits per heavy atom. The monoisotopic (exact) mass is 380 g/mol. The zero-order chi connectivity index (χ0) is 16.7. The number of aryl methyl sites for hydroxylation is 1. The topological polar surface area (TPSA) is 109 Å². The maximum Gasteiger partial charge on any atom is 0.346 e. The molecule has 0 aliphatic carbocycles. The van der Waals surface area contributed by atoms with Gasteiger partial charge in [-0.05, 0) is 30.7 Å². The van der Waals surface area contributed by atoms with E-state index in [0.717, 1.165) is 0 Å². The second-order valence-electron chi connectivity index (χ2n) is 4.34. The summed E-state index contributed by atoms with van der Waals surface area (Å²) in [6.45, 7) is 1.52. The summed E-state index contributed by atoms with van der Waals surface area (Å²) < 4.78 is 26.7. The summed E-state index contributed by atoms with van der Waals surface area (Å²) in [5, 5.41) is 9.20.